The molecule has 0 spiro atoms. The normalized spacial score (nSPS) is 20.1. The molecule has 0 aromatic carbocycles. The predicted molar refractivity (Wildman–Crippen MR) is 62.4 cm³/mol. The molecule has 1 unspecified atom stereocenters. The van der Waals surface area contributed by atoms with Gasteiger partial charge >= 0.3 is 6.09 Å². The number of hydrogen-bond acceptors (Lipinski definition) is 4. The zero-order valence-corrected chi connectivity index (χ0v) is 10.7. The summed E-state index contributed by atoms with van der Waals surface area (Å²) >= 11 is 0. The van der Waals surface area contributed by atoms with Crippen molar-refractivity contribution < 1.29 is 14.3 Å². The summed E-state index contributed by atoms with van der Waals surface area (Å²) in [6, 6.07) is 2.03. The van der Waals surface area contributed by atoms with Gasteiger partial charge in [0.2, 0.25) is 0 Å². The van der Waals surface area contributed by atoms with Crippen molar-refractivity contribution in [2.75, 3.05) is 19.7 Å². The summed E-state index contributed by atoms with van der Waals surface area (Å²) in [6.45, 7) is 7.20. The Hall–Kier alpha value is -1.28. The molecule has 96 valence electrons. The second kappa shape index (κ2) is 5.87. The third-order valence-electron chi connectivity index (χ3n) is 2.36. The average Bonchev–Trinajstić information content (AvgIpc) is 2.64. The van der Waals surface area contributed by atoms with E-state index in [1.165, 1.54) is 0 Å². The van der Waals surface area contributed by atoms with Crippen molar-refractivity contribution in [1.29, 1.82) is 5.26 Å². The van der Waals surface area contributed by atoms with Crippen molar-refractivity contribution in [3.05, 3.63) is 0 Å². The van der Waals surface area contributed by atoms with E-state index >= 15 is 0 Å². The molecule has 1 atom stereocenters. The lowest BCUT2D eigenvalue weighted by Gasteiger charge is -2.24. The lowest BCUT2D eigenvalue weighted by Crippen LogP contribution is -2.36. The van der Waals surface area contributed by atoms with E-state index in [0.29, 0.717) is 26.1 Å². The maximum absolute atomic E-state index is 11.7. The summed E-state index contributed by atoms with van der Waals surface area (Å²) in [7, 11) is 0. The minimum absolute atomic E-state index is 0.0378. The van der Waals surface area contributed by atoms with Gasteiger partial charge in [-0.05, 0) is 27.2 Å². The molecule has 5 heteroatoms. The molecule has 17 heavy (non-hydrogen) atoms. The van der Waals surface area contributed by atoms with Gasteiger partial charge in [0.25, 0.3) is 0 Å². The summed E-state index contributed by atoms with van der Waals surface area (Å²) in [5.41, 5.74) is -0.461. The van der Waals surface area contributed by atoms with Crippen molar-refractivity contribution in [2.45, 2.75) is 45.3 Å². The Morgan fingerprint density at radius 3 is 2.82 bits per heavy atom. The first kappa shape index (κ1) is 13.8. The topological polar surface area (TPSA) is 62.6 Å². The van der Waals surface area contributed by atoms with Crippen molar-refractivity contribution >= 4 is 6.09 Å². The molecular formula is C12H20N2O3. The highest BCUT2D eigenvalue weighted by molar-refractivity contribution is 5.68. The van der Waals surface area contributed by atoms with E-state index in [-0.39, 0.29) is 12.2 Å². The number of rotatable bonds is 3. The third-order valence-corrected chi connectivity index (χ3v) is 2.36. The molecule has 0 aliphatic carbocycles. The van der Waals surface area contributed by atoms with E-state index < -0.39 is 5.60 Å². The molecule has 1 amide bonds. The number of amides is 1. The van der Waals surface area contributed by atoms with Gasteiger partial charge in [-0.25, -0.2) is 4.79 Å². The summed E-state index contributed by atoms with van der Waals surface area (Å²) < 4.78 is 10.8. The predicted octanol–water partition coefficient (Wildman–Crippen LogP) is 1.93. The molecule has 0 bridgehead atoms. The molecule has 0 radical (unpaired) electrons. The molecular weight excluding hydrogens is 220 g/mol. The minimum atomic E-state index is -0.461. The van der Waals surface area contributed by atoms with Crippen molar-refractivity contribution in [3.63, 3.8) is 0 Å². The van der Waals surface area contributed by atoms with Crippen LogP contribution in [-0.2, 0) is 9.47 Å². The third kappa shape index (κ3) is 5.05. The van der Waals surface area contributed by atoms with Gasteiger partial charge in [-0.3, -0.25) is 0 Å². The van der Waals surface area contributed by atoms with Gasteiger partial charge in [0.15, 0.2) is 0 Å². The van der Waals surface area contributed by atoms with Gasteiger partial charge in [0, 0.05) is 6.54 Å². The Morgan fingerprint density at radius 1 is 1.53 bits per heavy atom. The number of likely N-dealkylation sites (tertiary alicyclic amines) is 1. The van der Waals surface area contributed by atoms with Crippen LogP contribution in [0.4, 0.5) is 4.79 Å². The van der Waals surface area contributed by atoms with Crippen molar-refractivity contribution in [1.82, 2.24) is 4.90 Å². The van der Waals surface area contributed by atoms with E-state index in [1.807, 2.05) is 26.8 Å². The number of nitriles is 1. The average molecular weight is 240 g/mol. The second-order valence-electron chi connectivity index (χ2n) is 5.12. The molecule has 1 fully saturated rings. The number of ether oxygens (including phenoxy) is 2. The van der Waals surface area contributed by atoms with Crippen LogP contribution in [0.1, 0.15) is 33.6 Å². The van der Waals surface area contributed by atoms with Gasteiger partial charge in [-0.1, -0.05) is 0 Å². The Labute approximate surface area is 102 Å². The van der Waals surface area contributed by atoms with E-state index in [2.05, 4.69) is 0 Å². The fourth-order valence-electron chi connectivity index (χ4n) is 1.63. The molecule has 1 rings (SSSR count). The zero-order chi connectivity index (χ0) is 12.9. The highest BCUT2D eigenvalue weighted by Gasteiger charge is 2.29. The van der Waals surface area contributed by atoms with Gasteiger partial charge in [-0.2, -0.15) is 5.26 Å². The first-order valence-electron chi connectivity index (χ1n) is 5.89. The number of hydrogen-bond donors (Lipinski definition) is 0. The molecule has 1 heterocycles. The van der Waals surface area contributed by atoms with E-state index in [0.717, 1.165) is 6.42 Å². The van der Waals surface area contributed by atoms with Crippen LogP contribution in [-0.4, -0.2) is 42.4 Å². The standard InChI is InChI=1S/C12H20N2O3/c1-12(2,3)17-11(15)14-7-5-10(9-14)16-8-4-6-13/h10H,4-5,7-9H2,1-3H3. The lowest BCUT2D eigenvalue weighted by molar-refractivity contribution is 0.0216. The molecule has 0 saturated carbocycles. The van der Waals surface area contributed by atoms with Crippen LogP contribution in [0.2, 0.25) is 0 Å². The van der Waals surface area contributed by atoms with Crippen LogP contribution >= 0.6 is 0 Å². The zero-order valence-electron chi connectivity index (χ0n) is 10.7. The Bertz CT molecular complexity index is 304. The van der Waals surface area contributed by atoms with Gasteiger partial charge in [0.1, 0.15) is 5.60 Å². The first-order chi connectivity index (χ1) is 7.92. The second-order valence-corrected chi connectivity index (χ2v) is 5.12. The summed E-state index contributed by atoms with van der Waals surface area (Å²) in [4.78, 5) is 13.4. The van der Waals surface area contributed by atoms with Crippen LogP contribution in [0, 0.1) is 11.3 Å². The quantitative estimate of drug-likeness (QED) is 0.707. The number of carbonyl (C=O) groups excluding carboxylic acids is 1. The fourth-order valence-corrected chi connectivity index (χ4v) is 1.63. The van der Waals surface area contributed by atoms with Crippen LogP contribution in [0.5, 0.6) is 0 Å². The maximum atomic E-state index is 11.7. The largest absolute Gasteiger partial charge is 0.444 e. The van der Waals surface area contributed by atoms with Crippen LogP contribution in [0.25, 0.3) is 0 Å². The summed E-state index contributed by atoms with van der Waals surface area (Å²) in [6.07, 6.45) is 0.952. The summed E-state index contributed by atoms with van der Waals surface area (Å²) in [5, 5.41) is 8.39. The molecule has 1 saturated heterocycles. The van der Waals surface area contributed by atoms with Crippen LogP contribution < -0.4 is 0 Å². The monoisotopic (exact) mass is 240 g/mol. The van der Waals surface area contributed by atoms with Gasteiger partial charge < -0.3 is 14.4 Å². The van der Waals surface area contributed by atoms with E-state index in [4.69, 9.17) is 14.7 Å². The number of nitrogens with zero attached hydrogens (tertiary/aromatic N) is 2. The van der Waals surface area contributed by atoms with E-state index in [9.17, 15) is 4.79 Å². The van der Waals surface area contributed by atoms with Gasteiger partial charge in [0.05, 0.1) is 31.7 Å². The highest BCUT2D eigenvalue weighted by atomic mass is 16.6. The molecule has 1 aliphatic heterocycles. The molecule has 0 aromatic rings. The van der Waals surface area contributed by atoms with E-state index in [1.54, 1.807) is 4.90 Å². The van der Waals surface area contributed by atoms with Crippen LogP contribution in [0.3, 0.4) is 0 Å². The Kier molecular flexibility index (Phi) is 4.76. The molecule has 0 aromatic heterocycles. The van der Waals surface area contributed by atoms with Gasteiger partial charge in [-0.15, -0.1) is 0 Å². The first-order valence-corrected chi connectivity index (χ1v) is 5.89. The van der Waals surface area contributed by atoms with Crippen molar-refractivity contribution in [3.8, 4) is 6.07 Å². The molecule has 1 aliphatic rings. The Balaban J connectivity index is 2.30. The maximum Gasteiger partial charge on any atom is 0.410 e. The SMILES string of the molecule is CC(C)(C)OC(=O)N1CCC(OCCC#N)C1. The fraction of sp³-hybridized carbons (Fsp3) is 0.833. The summed E-state index contributed by atoms with van der Waals surface area (Å²) in [5.74, 6) is 0. The minimum Gasteiger partial charge on any atom is -0.444 e. The van der Waals surface area contributed by atoms with Crippen molar-refractivity contribution in [2.24, 2.45) is 0 Å². The lowest BCUT2D eigenvalue weighted by atomic mass is 10.2. The molecule has 0 N–H and O–H groups in total. The number of carbonyl (C=O) groups is 1. The highest BCUT2D eigenvalue weighted by Crippen LogP contribution is 2.17. The smallest absolute Gasteiger partial charge is 0.410 e. The van der Waals surface area contributed by atoms with Crippen LogP contribution in [0.15, 0.2) is 0 Å². The Morgan fingerprint density at radius 2 is 2.24 bits per heavy atom. The molecule has 5 nitrogen and oxygen atoms in total.